The number of rotatable bonds is 6. The Kier molecular flexibility index (Phi) is 8.14. The van der Waals surface area contributed by atoms with Crippen molar-refractivity contribution in [2.24, 2.45) is 0 Å². The molecule has 0 unspecified atom stereocenters. The summed E-state index contributed by atoms with van der Waals surface area (Å²) >= 11 is -4.88. The molecule has 0 fully saturated rings. The molecule has 0 spiro atoms. The fourth-order valence-electron chi connectivity index (χ4n) is 6.00. The van der Waals surface area contributed by atoms with Crippen molar-refractivity contribution in [1.82, 2.24) is 3.80 Å². The molecule has 1 aliphatic rings. The summed E-state index contributed by atoms with van der Waals surface area (Å²) in [6.45, 7) is 16.3. The number of hydrogen-bond acceptors (Lipinski definition) is 3. The normalized spacial score (nSPS) is 16.3. The first-order valence-corrected chi connectivity index (χ1v) is 22.7. The molecule has 0 saturated carbocycles. The average molecular weight is 538 g/mol. The molecule has 3 rings (SSSR count). The van der Waals surface area contributed by atoms with Gasteiger partial charge in [0.2, 0.25) is 0 Å². The monoisotopic (exact) mass is 536 g/mol. The van der Waals surface area contributed by atoms with Crippen LogP contribution < -0.4 is 3.80 Å². The summed E-state index contributed by atoms with van der Waals surface area (Å²) in [4.78, 5) is 0. The summed E-state index contributed by atoms with van der Waals surface area (Å²) in [5.41, 5.74) is 5.14. The molecule has 0 atom stereocenters. The summed E-state index contributed by atoms with van der Waals surface area (Å²) in [5, 5.41) is 2.34. The maximum atomic E-state index is 7.42. The van der Waals surface area contributed by atoms with Crippen molar-refractivity contribution < 1.29 is 20.1 Å². The summed E-state index contributed by atoms with van der Waals surface area (Å²) in [7, 11) is 0.0472. The van der Waals surface area contributed by atoms with E-state index in [0.29, 0.717) is 6.61 Å². The van der Waals surface area contributed by atoms with E-state index in [1.807, 2.05) is 7.63 Å². The van der Waals surface area contributed by atoms with Crippen molar-refractivity contribution in [3.8, 4) is 11.1 Å². The van der Waals surface area contributed by atoms with Gasteiger partial charge in [-0.15, -0.1) is 24.8 Å². The summed E-state index contributed by atoms with van der Waals surface area (Å²) < 4.78 is 18.6. The van der Waals surface area contributed by atoms with E-state index in [1.165, 1.54) is 22.3 Å². The molecule has 0 amide bonds. The molecule has 0 aliphatic heterocycles. The van der Waals surface area contributed by atoms with E-state index >= 15 is 0 Å². The first kappa shape index (κ1) is 29.1. The van der Waals surface area contributed by atoms with Gasteiger partial charge in [0.05, 0.1) is 0 Å². The van der Waals surface area contributed by atoms with Crippen LogP contribution in [-0.2, 0) is 20.1 Å². The van der Waals surface area contributed by atoms with Gasteiger partial charge in [0.15, 0.2) is 0 Å². The fourth-order valence-corrected chi connectivity index (χ4v) is 38.0. The SMILES string of the molecule is CC[O][Ti]([CH3])(=[SiH2])([NH]C(C)(C)C)([O][Si](C)(C)C)[CH]1c2ccccc2-c2ccccc21.Cl.Cl. The number of benzene rings is 2. The third kappa shape index (κ3) is 5.42. The number of hydrogen-bond donors (Lipinski definition) is 1. The second-order valence-electron chi connectivity index (χ2n) is 11.3. The van der Waals surface area contributed by atoms with E-state index in [0.717, 1.165) is 0 Å². The Balaban J connectivity index is 0.00000240. The van der Waals surface area contributed by atoms with E-state index in [2.05, 4.69) is 105 Å². The molecule has 31 heavy (non-hydrogen) atoms. The molecule has 0 bridgehead atoms. The molecule has 3 nitrogen and oxygen atoms in total. The Labute approximate surface area is 203 Å². The molecular formula is C23H40Cl2NO2Si2Ti. The Hall–Kier alpha value is 0.0481. The first-order chi connectivity index (χ1) is 13.1. The maximum absolute atomic E-state index is 7.42. The Morgan fingerprint density at radius 3 is 1.71 bits per heavy atom. The van der Waals surface area contributed by atoms with Crippen LogP contribution in [0, 0.1) is 0 Å². The van der Waals surface area contributed by atoms with Gasteiger partial charge >= 0.3 is 180 Å². The maximum Gasteiger partial charge on any atom is -0.147 e. The fraction of sp³-hybridized carbons (Fsp3) is 0.478. The minimum absolute atomic E-state index is 0. The molecule has 0 aromatic heterocycles. The number of nitrogens with one attached hydrogen (secondary N) is 1. The third-order valence-electron chi connectivity index (χ3n) is 5.71. The topological polar surface area (TPSA) is 30.5 Å². The molecule has 0 heterocycles. The average Bonchev–Trinajstić information content (AvgIpc) is 2.86. The molecule has 2 aromatic carbocycles. The van der Waals surface area contributed by atoms with Gasteiger partial charge < -0.3 is 0 Å². The van der Waals surface area contributed by atoms with Crippen molar-refractivity contribution in [2.45, 2.75) is 62.3 Å². The zero-order chi connectivity index (χ0) is 21.8. The van der Waals surface area contributed by atoms with Crippen LogP contribution in [-0.4, -0.2) is 28.1 Å². The summed E-state index contributed by atoms with van der Waals surface area (Å²) in [5.74, 6) is 0. The van der Waals surface area contributed by atoms with Gasteiger partial charge in [-0.1, -0.05) is 0 Å². The van der Waals surface area contributed by atoms with Crippen LogP contribution in [0.2, 0.25) is 24.9 Å². The predicted molar refractivity (Wildman–Crippen MR) is 142 cm³/mol. The second kappa shape index (κ2) is 8.68. The van der Waals surface area contributed by atoms with Crippen LogP contribution >= 0.6 is 24.8 Å². The summed E-state index contributed by atoms with van der Waals surface area (Å²) in [6.07, 6.45) is 0. The standard InChI is InChI=1S/C13H9.C4H10N.C3H9OSi.C2H5O.CH3.2ClH.H2Si.Ti/c1-3-7-12-10(5-1)9-11-6-2-4-8-13(11)12;1-4(2,3)5;1-5(2,3)4;1-2-3;;;;;/h1-9H;5H,1-3H3;1-3H3;2H2,1H3;1H3;2*1H;1H2;/q;3*-1;;;;;+3. The number of halogens is 2. The zero-order valence-corrected chi connectivity index (χ0v) is 25.9. The predicted octanol–water partition coefficient (Wildman–Crippen LogP) is 6.44. The van der Waals surface area contributed by atoms with Crippen molar-refractivity contribution in [1.29, 1.82) is 0 Å². The van der Waals surface area contributed by atoms with Crippen LogP contribution in [0.4, 0.5) is 0 Å². The molecule has 0 radical (unpaired) electrons. The molecule has 1 aliphatic carbocycles. The van der Waals surface area contributed by atoms with Gasteiger partial charge in [0.25, 0.3) is 0 Å². The zero-order valence-electron chi connectivity index (χ0n) is 20.2. The quantitative estimate of drug-likeness (QED) is 0.430. The van der Waals surface area contributed by atoms with Gasteiger partial charge in [-0.3, -0.25) is 0 Å². The smallest absolute Gasteiger partial charge is 0.147 e. The van der Waals surface area contributed by atoms with Gasteiger partial charge in [-0.25, -0.2) is 0 Å². The van der Waals surface area contributed by atoms with Crippen LogP contribution in [0.3, 0.4) is 0 Å². The van der Waals surface area contributed by atoms with E-state index in [4.69, 9.17) is 6.33 Å². The minimum atomic E-state index is -4.88. The van der Waals surface area contributed by atoms with Gasteiger partial charge in [-0.2, -0.15) is 0 Å². The van der Waals surface area contributed by atoms with Gasteiger partial charge in [-0.05, 0) is 0 Å². The largest absolute Gasteiger partial charge is 0.147 e. The van der Waals surface area contributed by atoms with E-state index in [1.54, 1.807) is 0 Å². The van der Waals surface area contributed by atoms with Crippen LogP contribution in [0.5, 0.6) is 0 Å². The van der Waals surface area contributed by atoms with Gasteiger partial charge in [0, 0.05) is 0 Å². The Bertz CT molecular complexity index is 979. The molecular weight excluding hydrogens is 497 g/mol. The molecule has 175 valence electrons. The first-order valence-electron chi connectivity index (χ1n) is 10.7. The Morgan fingerprint density at radius 1 is 0.935 bits per heavy atom. The summed E-state index contributed by atoms with van der Waals surface area (Å²) in [6, 6.07) is 17.6. The minimum Gasteiger partial charge on any atom is -0.147 e. The van der Waals surface area contributed by atoms with E-state index in [9.17, 15) is 0 Å². The molecule has 8 heteroatoms. The van der Waals surface area contributed by atoms with E-state index < -0.39 is 22.1 Å². The van der Waals surface area contributed by atoms with Crippen molar-refractivity contribution in [2.75, 3.05) is 6.61 Å². The molecule has 0 saturated heterocycles. The van der Waals surface area contributed by atoms with Crippen molar-refractivity contribution in [3.63, 3.8) is 0 Å². The van der Waals surface area contributed by atoms with Crippen LogP contribution in [0.1, 0.15) is 43.0 Å². The number of fused-ring (bicyclic) bond motifs is 3. The van der Waals surface area contributed by atoms with Gasteiger partial charge in [0.1, 0.15) is 0 Å². The van der Waals surface area contributed by atoms with Crippen molar-refractivity contribution in [3.05, 3.63) is 59.7 Å². The van der Waals surface area contributed by atoms with E-state index in [-0.39, 0.29) is 34.6 Å². The third-order valence-corrected chi connectivity index (χ3v) is 25.9. The molecule has 2 aromatic rings. The van der Waals surface area contributed by atoms with Crippen LogP contribution in [0.15, 0.2) is 48.5 Å². The second-order valence-corrected chi connectivity index (χ2v) is 35.1. The van der Waals surface area contributed by atoms with Crippen LogP contribution in [0.25, 0.3) is 11.1 Å². The Morgan fingerprint density at radius 2 is 1.35 bits per heavy atom. The van der Waals surface area contributed by atoms with Crippen molar-refractivity contribution >= 4 is 40.8 Å². The molecule has 1 N–H and O–H groups in total.